The highest BCUT2D eigenvalue weighted by molar-refractivity contribution is 7.89. The van der Waals surface area contributed by atoms with E-state index in [1.165, 1.54) is 24.0 Å². The Bertz CT molecular complexity index is 858. The van der Waals surface area contributed by atoms with Crippen molar-refractivity contribution >= 4 is 22.0 Å². The van der Waals surface area contributed by atoms with Gasteiger partial charge in [0.05, 0.1) is 4.90 Å². The number of rotatable bonds is 12. The molecule has 1 atom stereocenters. The summed E-state index contributed by atoms with van der Waals surface area (Å²) < 4.78 is 46.4. The molecule has 0 aliphatic carbocycles. The summed E-state index contributed by atoms with van der Waals surface area (Å²) in [5.41, 5.74) is -0.676. The van der Waals surface area contributed by atoms with Gasteiger partial charge in [0.2, 0.25) is 15.9 Å². The first-order valence-corrected chi connectivity index (χ1v) is 11.5. The highest BCUT2D eigenvalue weighted by atomic mass is 32.2. The van der Waals surface area contributed by atoms with E-state index in [4.69, 9.17) is 4.74 Å². The van der Waals surface area contributed by atoms with Crippen molar-refractivity contribution in [2.24, 2.45) is 0 Å². The molecule has 1 unspecified atom stereocenters. The number of carbonyl (C=O) groups is 2. The van der Waals surface area contributed by atoms with Gasteiger partial charge in [0.25, 0.3) is 0 Å². The third kappa shape index (κ3) is 7.56. The highest BCUT2D eigenvalue weighted by Crippen LogP contribution is 2.22. The Morgan fingerprint density at radius 2 is 2.00 bits per heavy atom. The predicted molar refractivity (Wildman–Crippen MR) is 110 cm³/mol. The first kappa shape index (κ1) is 24.1. The fourth-order valence-corrected chi connectivity index (χ4v) is 4.60. The van der Waals surface area contributed by atoms with Crippen molar-refractivity contribution in [3.8, 4) is 5.75 Å². The van der Waals surface area contributed by atoms with E-state index in [2.05, 4.69) is 10.0 Å². The number of alkyl halides is 1. The van der Waals surface area contributed by atoms with Crippen LogP contribution in [-0.2, 0) is 14.8 Å². The lowest BCUT2D eigenvalue weighted by atomic mass is 9.98. The van der Waals surface area contributed by atoms with Crippen molar-refractivity contribution in [1.82, 2.24) is 14.9 Å². The summed E-state index contributed by atoms with van der Waals surface area (Å²) in [6, 6.07) is 5.62. The minimum Gasteiger partial charge on any atom is -0.491 e. The van der Waals surface area contributed by atoms with Crippen LogP contribution in [0.3, 0.4) is 0 Å². The minimum absolute atomic E-state index is 0.0595. The number of sulfonamides is 1. The van der Waals surface area contributed by atoms with Gasteiger partial charge in [-0.25, -0.2) is 22.3 Å². The van der Waals surface area contributed by atoms with Gasteiger partial charge in [-0.15, -0.1) is 0 Å². The van der Waals surface area contributed by atoms with Crippen molar-refractivity contribution in [2.45, 2.75) is 63.1 Å². The van der Waals surface area contributed by atoms with Crippen LogP contribution in [0.15, 0.2) is 29.2 Å². The van der Waals surface area contributed by atoms with Crippen LogP contribution in [0.5, 0.6) is 5.75 Å². The zero-order chi connectivity index (χ0) is 22.4. The third-order valence-electron chi connectivity index (χ3n) is 4.60. The van der Waals surface area contributed by atoms with Gasteiger partial charge >= 0.3 is 6.03 Å². The van der Waals surface area contributed by atoms with Crippen LogP contribution in [0.1, 0.15) is 46.5 Å². The summed E-state index contributed by atoms with van der Waals surface area (Å²) in [7, 11) is -3.77. The molecular weight excluding hydrogens is 413 g/mol. The second-order valence-electron chi connectivity index (χ2n) is 8.14. The summed E-state index contributed by atoms with van der Waals surface area (Å²) >= 11 is 0. The molecule has 0 saturated carbocycles. The maximum atomic E-state index is 12.9. The number of unbranched alkanes of at least 4 members (excludes halogenated alkanes) is 2. The van der Waals surface area contributed by atoms with Crippen molar-refractivity contribution < 1.29 is 27.1 Å². The molecule has 1 saturated heterocycles. The van der Waals surface area contributed by atoms with Gasteiger partial charge in [-0.05, 0) is 45.7 Å². The second-order valence-corrected chi connectivity index (χ2v) is 9.82. The smallest absolute Gasteiger partial charge is 0.324 e. The number of ether oxygens (including phenoxy) is 1. The lowest BCUT2D eigenvalue weighted by Crippen LogP contribution is -2.43. The number of amides is 3. The minimum atomic E-state index is -3.77. The third-order valence-corrected chi connectivity index (χ3v) is 6.30. The topological polar surface area (TPSA) is 105 Å². The van der Waals surface area contributed by atoms with Gasteiger partial charge in [0, 0.05) is 18.2 Å². The predicted octanol–water partition coefficient (Wildman–Crippen LogP) is 2.59. The van der Waals surface area contributed by atoms with E-state index >= 15 is 0 Å². The molecule has 1 heterocycles. The summed E-state index contributed by atoms with van der Waals surface area (Å²) in [5.74, 6) is 0.00817. The molecule has 168 valence electrons. The van der Waals surface area contributed by atoms with E-state index in [-0.39, 0.29) is 30.0 Å². The SMILES string of the molecule is CC(F)COc1cccc(S(=O)(=O)NC(C)(C)CCCCCN2CC(=O)NC2=O)c1. The van der Waals surface area contributed by atoms with Crippen LogP contribution in [0.2, 0.25) is 0 Å². The Kier molecular flexibility index (Phi) is 8.19. The molecule has 30 heavy (non-hydrogen) atoms. The maximum Gasteiger partial charge on any atom is 0.324 e. The largest absolute Gasteiger partial charge is 0.491 e. The number of benzene rings is 1. The molecule has 1 aliphatic heterocycles. The normalized spacial score (nSPS) is 15.9. The van der Waals surface area contributed by atoms with E-state index in [0.29, 0.717) is 18.7 Å². The van der Waals surface area contributed by atoms with Gasteiger partial charge in [0.1, 0.15) is 25.1 Å². The number of carbonyl (C=O) groups excluding carboxylic acids is 2. The molecule has 10 heteroatoms. The Hall–Kier alpha value is -2.20. The number of nitrogens with one attached hydrogen (secondary N) is 2. The number of nitrogens with zero attached hydrogens (tertiary/aromatic N) is 1. The zero-order valence-corrected chi connectivity index (χ0v) is 18.4. The lowest BCUT2D eigenvalue weighted by molar-refractivity contribution is -0.118. The van der Waals surface area contributed by atoms with Crippen molar-refractivity contribution in [3.05, 3.63) is 24.3 Å². The Morgan fingerprint density at radius 3 is 2.63 bits per heavy atom. The molecule has 8 nitrogen and oxygen atoms in total. The van der Waals surface area contributed by atoms with Gasteiger partial charge in [-0.2, -0.15) is 0 Å². The van der Waals surface area contributed by atoms with E-state index in [1.54, 1.807) is 12.1 Å². The van der Waals surface area contributed by atoms with Gasteiger partial charge in [-0.3, -0.25) is 10.1 Å². The zero-order valence-electron chi connectivity index (χ0n) is 17.6. The number of hydrogen-bond acceptors (Lipinski definition) is 5. The molecule has 2 N–H and O–H groups in total. The van der Waals surface area contributed by atoms with Gasteiger partial charge in [0.15, 0.2) is 0 Å². The molecule has 0 bridgehead atoms. The number of hydrogen-bond donors (Lipinski definition) is 2. The maximum absolute atomic E-state index is 12.9. The molecular formula is C20H30FN3O5S. The highest BCUT2D eigenvalue weighted by Gasteiger charge is 2.27. The van der Waals surface area contributed by atoms with Gasteiger partial charge < -0.3 is 9.64 Å². The summed E-state index contributed by atoms with van der Waals surface area (Å²) in [4.78, 5) is 24.2. The molecule has 1 aliphatic rings. The van der Waals surface area contributed by atoms with Crippen LogP contribution in [0.4, 0.5) is 9.18 Å². The van der Waals surface area contributed by atoms with Crippen LogP contribution < -0.4 is 14.8 Å². The fourth-order valence-electron chi connectivity index (χ4n) is 3.13. The summed E-state index contributed by atoms with van der Waals surface area (Å²) in [6.45, 7) is 5.43. The lowest BCUT2D eigenvalue weighted by Gasteiger charge is -2.26. The molecule has 0 aromatic heterocycles. The molecule has 0 spiro atoms. The molecule has 1 fully saturated rings. The van der Waals surface area contributed by atoms with Crippen LogP contribution in [-0.4, -0.2) is 56.7 Å². The summed E-state index contributed by atoms with van der Waals surface area (Å²) in [6.07, 6.45) is 1.75. The average molecular weight is 444 g/mol. The molecule has 2 rings (SSSR count). The van der Waals surface area contributed by atoms with E-state index in [0.717, 1.165) is 19.3 Å². The van der Waals surface area contributed by atoms with Crippen molar-refractivity contribution in [1.29, 1.82) is 0 Å². The second kappa shape index (κ2) is 10.2. The Morgan fingerprint density at radius 1 is 1.27 bits per heavy atom. The fraction of sp³-hybridized carbons (Fsp3) is 0.600. The Labute approximate surface area is 177 Å². The van der Waals surface area contributed by atoms with Gasteiger partial charge in [-0.1, -0.05) is 18.9 Å². The quantitative estimate of drug-likeness (QED) is 0.382. The van der Waals surface area contributed by atoms with E-state index in [1.807, 2.05) is 13.8 Å². The average Bonchev–Trinajstić information content (AvgIpc) is 2.96. The van der Waals surface area contributed by atoms with Crippen LogP contribution >= 0.6 is 0 Å². The first-order chi connectivity index (χ1) is 14.0. The Balaban J connectivity index is 1.82. The van der Waals surface area contributed by atoms with Crippen molar-refractivity contribution in [2.75, 3.05) is 19.7 Å². The molecule has 3 amide bonds. The summed E-state index contributed by atoms with van der Waals surface area (Å²) in [5, 5.41) is 2.23. The van der Waals surface area contributed by atoms with E-state index in [9.17, 15) is 22.4 Å². The van der Waals surface area contributed by atoms with Crippen LogP contribution in [0, 0.1) is 0 Å². The molecule has 1 aromatic rings. The van der Waals surface area contributed by atoms with E-state index < -0.39 is 21.7 Å². The first-order valence-electron chi connectivity index (χ1n) is 9.98. The monoisotopic (exact) mass is 443 g/mol. The van der Waals surface area contributed by atoms with Crippen LogP contribution in [0.25, 0.3) is 0 Å². The number of urea groups is 1. The molecule has 0 radical (unpaired) electrons. The number of imide groups is 1. The molecule has 1 aromatic carbocycles. The standard InChI is InChI=1S/C20H30FN3O5S/c1-15(21)14-29-16-8-7-9-17(12-16)30(27,28)23-20(2,3)10-5-4-6-11-24-13-18(25)22-19(24)26/h7-9,12,15,23H,4-6,10-11,13-14H2,1-3H3,(H,22,25,26). The van der Waals surface area contributed by atoms with Crippen molar-refractivity contribution in [3.63, 3.8) is 0 Å². The number of halogens is 1.